The first kappa shape index (κ1) is 18.5. The van der Waals surface area contributed by atoms with Gasteiger partial charge in [-0.15, -0.1) is 0 Å². The lowest BCUT2D eigenvalue weighted by atomic mass is 10.1. The van der Waals surface area contributed by atoms with E-state index in [1.165, 1.54) is 5.56 Å². The van der Waals surface area contributed by atoms with Crippen molar-refractivity contribution in [2.45, 2.75) is 32.1 Å². The molecule has 3 rings (SSSR count). The number of benzene rings is 2. The van der Waals surface area contributed by atoms with Crippen LogP contribution in [0.2, 0.25) is 0 Å². The van der Waals surface area contributed by atoms with Gasteiger partial charge in [-0.05, 0) is 68.7 Å². The van der Waals surface area contributed by atoms with E-state index in [0.717, 1.165) is 27.7 Å². The van der Waals surface area contributed by atoms with Gasteiger partial charge in [0.25, 0.3) is 0 Å². The molecule has 26 heavy (non-hydrogen) atoms. The average molecular weight is 372 g/mol. The summed E-state index contributed by atoms with van der Waals surface area (Å²) < 4.78 is 33.0. The number of ether oxygens (including phenoxy) is 1. The third kappa shape index (κ3) is 3.61. The Kier molecular flexibility index (Phi) is 5.07. The van der Waals surface area contributed by atoms with Crippen LogP contribution in [0.5, 0.6) is 5.75 Å². The maximum Gasteiger partial charge on any atom is 0.240 e. The lowest BCUT2D eigenvalue weighted by molar-refractivity contribution is 0.411. The van der Waals surface area contributed by atoms with Gasteiger partial charge in [0.15, 0.2) is 0 Å². The molecule has 0 amide bonds. The molecule has 0 atom stereocenters. The van der Waals surface area contributed by atoms with Crippen LogP contribution in [-0.4, -0.2) is 27.1 Å². The van der Waals surface area contributed by atoms with E-state index in [0.29, 0.717) is 18.7 Å². The molecule has 2 aromatic carbocycles. The zero-order valence-electron chi connectivity index (χ0n) is 15.5. The first-order valence-corrected chi connectivity index (χ1v) is 10.0. The Morgan fingerprint density at radius 3 is 2.54 bits per heavy atom. The molecule has 0 radical (unpaired) electrons. The van der Waals surface area contributed by atoms with Gasteiger partial charge in [0.2, 0.25) is 10.0 Å². The van der Waals surface area contributed by atoms with Crippen LogP contribution in [0.1, 0.15) is 22.4 Å². The van der Waals surface area contributed by atoms with Crippen molar-refractivity contribution in [3.63, 3.8) is 0 Å². The zero-order valence-corrected chi connectivity index (χ0v) is 16.3. The molecule has 0 aliphatic heterocycles. The van der Waals surface area contributed by atoms with Gasteiger partial charge in [-0.2, -0.15) is 0 Å². The number of sulfonamides is 1. The van der Waals surface area contributed by atoms with E-state index in [-0.39, 0.29) is 4.90 Å². The summed E-state index contributed by atoms with van der Waals surface area (Å²) >= 11 is 0. The van der Waals surface area contributed by atoms with Gasteiger partial charge < -0.3 is 9.72 Å². The molecule has 0 fully saturated rings. The third-order valence-corrected chi connectivity index (χ3v) is 6.08. The molecule has 2 N–H and O–H groups in total. The molecule has 0 aliphatic rings. The molecule has 6 heteroatoms. The van der Waals surface area contributed by atoms with Gasteiger partial charge in [0.05, 0.1) is 12.0 Å². The largest absolute Gasteiger partial charge is 0.496 e. The Bertz CT molecular complexity index is 1050. The highest BCUT2D eigenvalue weighted by atomic mass is 32.2. The number of methoxy groups -OCH3 is 1. The summed E-state index contributed by atoms with van der Waals surface area (Å²) in [7, 11) is -1.98. The van der Waals surface area contributed by atoms with Crippen molar-refractivity contribution in [2.24, 2.45) is 0 Å². The Morgan fingerprint density at radius 1 is 1.08 bits per heavy atom. The molecule has 0 saturated heterocycles. The second-order valence-corrected chi connectivity index (χ2v) is 8.32. The van der Waals surface area contributed by atoms with Crippen LogP contribution in [0.3, 0.4) is 0 Å². The van der Waals surface area contributed by atoms with Gasteiger partial charge >= 0.3 is 0 Å². The number of hydrogen-bond donors (Lipinski definition) is 2. The summed E-state index contributed by atoms with van der Waals surface area (Å²) in [5, 5.41) is 1.15. The normalized spacial score (nSPS) is 11.8. The topological polar surface area (TPSA) is 71.2 Å². The minimum Gasteiger partial charge on any atom is -0.496 e. The minimum atomic E-state index is -3.55. The highest BCUT2D eigenvalue weighted by Crippen LogP contribution is 2.24. The van der Waals surface area contributed by atoms with Crippen molar-refractivity contribution < 1.29 is 13.2 Å². The van der Waals surface area contributed by atoms with Crippen LogP contribution in [0.4, 0.5) is 0 Å². The Morgan fingerprint density at radius 2 is 1.85 bits per heavy atom. The van der Waals surface area contributed by atoms with E-state index in [1.807, 2.05) is 13.8 Å². The van der Waals surface area contributed by atoms with Crippen molar-refractivity contribution in [3.8, 4) is 5.75 Å². The fraction of sp³-hybridized carbons (Fsp3) is 0.300. The Balaban J connectivity index is 1.76. The number of nitrogens with one attached hydrogen (secondary N) is 2. The summed E-state index contributed by atoms with van der Waals surface area (Å²) in [6.45, 7) is 6.25. The standard InChI is InChI=1S/C20H24N2O3S/c1-13-5-7-19-18(11-13)17(15(3)22-19)9-10-21-26(23,24)16-6-8-20(25-4)14(2)12-16/h5-8,11-12,21-22H,9-10H2,1-4H3. The number of H-pyrrole nitrogens is 1. The number of fused-ring (bicyclic) bond motifs is 1. The summed E-state index contributed by atoms with van der Waals surface area (Å²) in [5.41, 5.74) is 5.28. The first-order valence-electron chi connectivity index (χ1n) is 8.54. The highest BCUT2D eigenvalue weighted by molar-refractivity contribution is 7.89. The summed E-state index contributed by atoms with van der Waals surface area (Å²) in [6, 6.07) is 11.1. The van der Waals surface area contributed by atoms with E-state index in [4.69, 9.17) is 4.74 Å². The van der Waals surface area contributed by atoms with Crippen LogP contribution < -0.4 is 9.46 Å². The number of aryl methyl sites for hydroxylation is 3. The van der Waals surface area contributed by atoms with Crippen LogP contribution >= 0.6 is 0 Å². The molecule has 138 valence electrons. The van der Waals surface area contributed by atoms with E-state index < -0.39 is 10.0 Å². The molecule has 0 bridgehead atoms. The lowest BCUT2D eigenvalue weighted by Crippen LogP contribution is -2.26. The SMILES string of the molecule is COc1ccc(S(=O)(=O)NCCc2c(C)[nH]c3ccc(C)cc23)cc1C. The van der Waals surface area contributed by atoms with Gasteiger partial charge in [-0.3, -0.25) is 0 Å². The maximum absolute atomic E-state index is 12.6. The van der Waals surface area contributed by atoms with Crippen molar-refractivity contribution in [1.29, 1.82) is 0 Å². The summed E-state index contributed by atoms with van der Waals surface area (Å²) in [4.78, 5) is 3.61. The van der Waals surface area contributed by atoms with E-state index >= 15 is 0 Å². The van der Waals surface area contributed by atoms with E-state index in [1.54, 1.807) is 25.3 Å². The fourth-order valence-corrected chi connectivity index (χ4v) is 4.35. The summed E-state index contributed by atoms with van der Waals surface area (Å²) in [6.07, 6.45) is 0.629. The molecule has 3 aromatic rings. The molecule has 0 unspecified atom stereocenters. The van der Waals surface area contributed by atoms with Crippen LogP contribution in [0.25, 0.3) is 10.9 Å². The number of hydrogen-bond acceptors (Lipinski definition) is 3. The first-order chi connectivity index (χ1) is 12.3. The van der Waals surface area contributed by atoms with Crippen LogP contribution in [-0.2, 0) is 16.4 Å². The fourth-order valence-electron chi connectivity index (χ4n) is 3.23. The van der Waals surface area contributed by atoms with Crippen molar-refractivity contribution >= 4 is 20.9 Å². The van der Waals surface area contributed by atoms with E-state index in [9.17, 15) is 8.42 Å². The van der Waals surface area contributed by atoms with Crippen LogP contribution in [0.15, 0.2) is 41.3 Å². The van der Waals surface area contributed by atoms with Crippen LogP contribution in [0, 0.1) is 20.8 Å². The van der Waals surface area contributed by atoms with Gasteiger partial charge in [0.1, 0.15) is 5.75 Å². The molecular weight excluding hydrogens is 348 g/mol. The second-order valence-electron chi connectivity index (χ2n) is 6.56. The Labute approximate surface area is 154 Å². The van der Waals surface area contributed by atoms with Crippen molar-refractivity contribution in [3.05, 3.63) is 58.8 Å². The molecular formula is C20H24N2O3S. The quantitative estimate of drug-likeness (QED) is 0.694. The third-order valence-electron chi connectivity index (χ3n) is 4.62. The molecule has 0 aliphatic carbocycles. The maximum atomic E-state index is 12.6. The monoisotopic (exact) mass is 372 g/mol. The molecule has 1 heterocycles. The predicted molar refractivity (Wildman–Crippen MR) is 104 cm³/mol. The highest BCUT2D eigenvalue weighted by Gasteiger charge is 2.16. The average Bonchev–Trinajstić information content (AvgIpc) is 2.90. The second kappa shape index (κ2) is 7.13. The number of rotatable bonds is 6. The van der Waals surface area contributed by atoms with Crippen molar-refractivity contribution in [1.82, 2.24) is 9.71 Å². The van der Waals surface area contributed by atoms with Gasteiger partial charge in [-0.25, -0.2) is 13.1 Å². The number of aromatic nitrogens is 1. The van der Waals surface area contributed by atoms with Gasteiger partial charge in [-0.1, -0.05) is 11.6 Å². The Hall–Kier alpha value is -2.31. The van der Waals surface area contributed by atoms with E-state index in [2.05, 4.69) is 34.8 Å². The lowest BCUT2D eigenvalue weighted by Gasteiger charge is -2.10. The molecule has 0 saturated carbocycles. The smallest absolute Gasteiger partial charge is 0.240 e. The summed E-state index contributed by atoms with van der Waals surface area (Å²) in [5.74, 6) is 0.675. The molecule has 0 spiro atoms. The van der Waals surface area contributed by atoms with Crippen molar-refractivity contribution in [2.75, 3.05) is 13.7 Å². The number of aromatic amines is 1. The minimum absolute atomic E-state index is 0.252. The molecule has 5 nitrogen and oxygen atoms in total. The van der Waals surface area contributed by atoms with Gasteiger partial charge in [0, 0.05) is 23.1 Å². The zero-order chi connectivity index (χ0) is 18.9. The predicted octanol–water partition coefficient (Wildman–Crippen LogP) is 3.62. The molecule has 1 aromatic heterocycles.